The number of anilines is 1. The maximum absolute atomic E-state index is 16.0. The van der Waals surface area contributed by atoms with Gasteiger partial charge in [0, 0.05) is 11.6 Å². The third kappa shape index (κ3) is 6.07. The number of nitrogens with two attached hydrogens (primary N) is 1. The smallest absolute Gasteiger partial charge is 0.386 e. The Morgan fingerprint density at radius 3 is 2.53 bits per heavy atom. The summed E-state index contributed by atoms with van der Waals surface area (Å²) >= 11 is 5.35. The molecule has 200 valence electrons. The summed E-state index contributed by atoms with van der Waals surface area (Å²) in [5, 5.41) is 12.3. The van der Waals surface area contributed by atoms with Crippen molar-refractivity contribution in [1.82, 2.24) is 14.5 Å². The van der Waals surface area contributed by atoms with Gasteiger partial charge >= 0.3 is 23.5 Å². The molecule has 3 heterocycles. The number of aliphatic hydroxyl groups excluding tert-OH is 1. The Balaban J connectivity index is 1.92. The standard InChI is InChI=1S/C14H17ClFN4O13P3/c1-6(31-35(26,27)33-36(28,29)32-34(23,24)25)8-9(21)14(16,3-4-15)12(30-8)20-5-2-7-10(20)18-13(17)19-11(7)22/h2,5-6,8-9,12,21H,1H3,(H,26,27)(H,28,29)(H2,23,24,25)(H3,17,18,19,22)/t6-,8?,9?,12-,14-/m1/s1. The van der Waals surface area contributed by atoms with Crippen LogP contribution in [-0.4, -0.2) is 63.2 Å². The molecule has 4 unspecified atom stereocenters. The first-order valence-corrected chi connectivity index (χ1v) is 14.1. The van der Waals surface area contributed by atoms with Gasteiger partial charge < -0.3 is 39.7 Å². The van der Waals surface area contributed by atoms with Crippen LogP contribution in [0.25, 0.3) is 11.0 Å². The van der Waals surface area contributed by atoms with Gasteiger partial charge in [0.25, 0.3) is 5.56 Å². The molecule has 0 amide bonds. The van der Waals surface area contributed by atoms with Crippen LogP contribution in [0, 0.1) is 11.3 Å². The zero-order chi connectivity index (χ0) is 27.3. The van der Waals surface area contributed by atoms with Crippen LogP contribution in [0.3, 0.4) is 0 Å². The fourth-order valence-corrected chi connectivity index (χ4v) is 6.71. The number of phosphoric ester groups is 1. The number of rotatable bonds is 8. The lowest BCUT2D eigenvalue weighted by Crippen LogP contribution is -2.44. The van der Waals surface area contributed by atoms with Gasteiger partial charge in [-0.15, -0.1) is 0 Å². The van der Waals surface area contributed by atoms with Crippen molar-refractivity contribution < 1.29 is 60.6 Å². The number of nitrogens with zero attached hydrogens (tertiary/aromatic N) is 2. The number of aromatic nitrogens is 3. The summed E-state index contributed by atoms with van der Waals surface area (Å²) in [4.78, 5) is 54.4. The topological polar surface area (TPSA) is 266 Å². The number of hydrogen-bond donors (Lipinski definition) is 7. The molecule has 7 atom stereocenters. The normalized spacial score (nSPS) is 28.7. The fraction of sp³-hybridized carbons (Fsp3) is 0.429. The predicted octanol–water partition coefficient (Wildman–Crippen LogP) is 0.205. The molecule has 3 rings (SSSR count). The number of ether oxygens (including phenoxy) is 1. The monoisotopic (exact) mass is 596 g/mol. The third-order valence-electron chi connectivity index (χ3n) is 4.66. The molecule has 1 aliphatic heterocycles. The number of aromatic amines is 1. The van der Waals surface area contributed by atoms with E-state index in [1.165, 1.54) is 6.07 Å². The number of nitrogen functional groups attached to an aromatic ring is 1. The van der Waals surface area contributed by atoms with Gasteiger partial charge in [-0.2, -0.15) is 13.6 Å². The molecule has 36 heavy (non-hydrogen) atoms. The van der Waals surface area contributed by atoms with Gasteiger partial charge in [-0.25, -0.2) is 18.1 Å². The third-order valence-corrected chi connectivity index (χ3v) is 8.68. The maximum Gasteiger partial charge on any atom is 0.490 e. The Labute approximate surface area is 204 Å². The van der Waals surface area contributed by atoms with Crippen molar-refractivity contribution in [2.24, 2.45) is 0 Å². The molecular weight excluding hydrogens is 580 g/mol. The average Bonchev–Trinajstić information content (AvgIpc) is 3.18. The van der Waals surface area contributed by atoms with Gasteiger partial charge in [0.1, 0.15) is 12.2 Å². The fourth-order valence-electron chi connectivity index (χ4n) is 3.37. The molecule has 0 aliphatic carbocycles. The highest BCUT2D eigenvalue weighted by Crippen LogP contribution is 2.66. The summed E-state index contributed by atoms with van der Waals surface area (Å²) in [5.41, 5.74) is 1.63. The van der Waals surface area contributed by atoms with Crippen LogP contribution in [0.1, 0.15) is 13.2 Å². The number of fused-ring (bicyclic) bond motifs is 1. The molecule has 1 saturated heterocycles. The minimum atomic E-state index is -5.84. The lowest BCUT2D eigenvalue weighted by molar-refractivity contribution is -0.0752. The first-order valence-electron chi connectivity index (χ1n) is 9.23. The van der Waals surface area contributed by atoms with Gasteiger partial charge in [0.15, 0.2) is 11.9 Å². The molecule has 0 saturated carbocycles. The van der Waals surface area contributed by atoms with Gasteiger partial charge in [-0.3, -0.25) is 14.3 Å². The van der Waals surface area contributed by atoms with E-state index in [9.17, 15) is 33.4 Å². The molecule has 8 N–H and O–H groups in total. The van der Waals surface area contributed by atoms with Gasteiger partial charge in [0.2, 0.25) is 11.6 Å². The van der Waals surface area contributed by atoms with Crippen molar-refractivity contribution >= 4 is 52.1 Å². The lowest BCUT2D eigenvalue weighted by Gasteiger charge is -2.25. The van der Waals surface area contributed by atoms with Crippen molar-refractivity contribution in [3.8, 4) is 11.3 Å². The summed E-state index contributed by atoms with van der Waals surface area (Å²) in [6.45, 7) is 0.956. The highest BCUT2D eigenvalue weighted by molar-refractivity contribution is 7.66. The van der Waals surface area contributed by atoms with Crippen molar-refractivity contribution in [1.29, 1.82) is 0 Å². The second kappa shape index (κ2) is 9.90. The number of nitrogens with one attached hydrogen (secondary N) is 1. The second-order valence-corrected chi connectivity index (χ2v) is 11.8. The Hall–Kier alpha value is -1.67. The molecule has 2 aromatic rings. The first-order chi connectivity index (χ1) is 16.4. The van der Waals surface area contributed by atoms with E-state index in [0.29, 0.717) is 0 Å². The van der Waals surface area contributed by atoms with E-state index in [1.807, 2.05) is 5.92 Å². The first kappa shape index (κ1) is 28.9. The molecule has 1 aliphatic rings. The van der Waals surface area contributed by atoms with E-state index in [1.54, 1.807) is 5.38 Å². The molecule has 0 bridgehead atoms. The van der Waals surface area contributed by atoms with Crippen LogP contribution in [0.2, 0.25) is 0 Å². The minimum Gasteiger partial charge on any atom is -0.386 e. The van der Waals surface area contributed by atoms with E-state index < -0.39 is 59.2 Å². The average molecular weight is 597 g/mol. The number of hydrogen-bond acceptors (Lipinski definition) is 11. The summed E-state index contributed by atoms with van der Waals surface area (Å²) in [6, 6.07) is 1.23. The van der Waals surface area contributed by atoms with Crippen molar-refractivity contribution in [3.63, 3.8) is 0 Å². The highest BCUT2D eigenvalue weighted by Gasteiger charge is 2.60. The molecule has 22 heteroatoms. The quantitative estimate of drug-likeness (QED) is 0.158. The van der Waals surface area contributed by atoms with E-state index in [2.05, 4.69) is 23.1 Å². The van der Waals surface area contributed by atoms with Gasteiger partial charge in [-0.1, -0.05) is 0 Å². The zero-order valence-corrected chi connectivity index (χ0v) is 21.0. The summed E-state index contributed by atoms with van der Waals surface area (Å²) < 4.78 is 68.6. The van der Waals surface area contributed by atoms with E-state index in [4.69, 9.17) is 31.9 Å². The predicted molar refractivity (Wildman–Crippen MR) is 117 cm³/mol. The van der Waals surface area contributed by atoms with Crippen molar-refractivity contribution in [2.45, 2.75) is 37.1 Å². The maximum atomic E-state index is 16.0. The largest absolute Gasteiger partial charge is 0.490 e. The van der Waals surface area contributed by atoms with E-state index in [-0.39, 0.29) is 17.0 Å². The molecule has 0 radical (unpaired) electrons. The van der Waals surface area contributed by atoms with Crippen LogP contribution in [0.15, 0.2) is 17.1 Å². The molecular formula is C14H17ClFN4O13P3. The van der Waals surface area contributed by atoms with E-state index in [0.717, 1.165) is 17.7 Å². The molecule has 1 fully saturated rings. The number of H-pyrrole nitrogens is 1. The summed E-state index contributed by atoms with van der Waals surface area (Å²) in [5.74, 6) is 1.58. The second-order valence-electron chi connectivity index (χ2n) is 7.20. The Morgan fingerprint density at radius 1 is 1.31 bits per heavy atom. The van der Waals surface area contributed by atoms with Gasteiger partial charge in [-0.05, 0) is 30.5 Å². The van der Waals surface area contributed by atoms with E-state index >= 15 is 4.39 Å². The van der Waals surface area contributed by atoms with Crippen LogP contribution in [0.5, 0.6) is 0 Å². The summed E-state index contributed by atoms with van der Waals surface area (Å²) in [7, 11) is -17.1. The summed E-state index contributed by atoms with van der Waals surface area (Å²) in [6.07, 6.45) is -6.65. The van der Waals surface area contributed by atoms with Crippen molar-refractivity contribution in [3.05, 3.63) is 22.6 Å². The number of phosphoric acid groups is 3. The van der Waals surface area contributed by atoms with Crippen molar-refractivity contribution in [2.75, 3.05) is 5.73 Å². The SMILES string of the molecule is C[C@@H](OP(=O)(O)OP(=O)(O)OP(=O)(O)O)C1O[C@@H](n2ccc3c(=O)[nH]c(N)nc32)[C@@](F)(C#CCl)C1O. The molecule has 2 aromatic heterocycles. The van der Waals surface area contributed by atoms with Crippen LogP contribution < -0.4 is 11.3 Å². The lowest BCUT2D eigenvalue weighted by atomic mass is 9.95. The number of halogens is 2. The molecule has 17 nitrogen and oxygen atoms in total. The highest BCUT2D eigenvalue weighted by atomic mass is 35.5. The van der Waals surface area contributed by atoms with Crippen LogP contribution >= 0.6 is 35.1 Å². The van der Waals surface area contributed by atoms with Gasteiger partial charge in [0.05, 0.1) is 11.5 Å². The Morgan fingerprint density at radius 2 is 1.94 bits per heavy atom. The van der Waals surface area contributed by atoms with Crippen LogP contribution in [-0.2, 0) is 31.6 Å². The van der Waals surface area contributed by atoms with Crippen LogP contribution in [0.4, 0.5) is 10.3 Å². The number of aliphatic hydroxyl groups is 1. The Kier molecular flexibility index (Phi) is 7.94. The minimum absolute atomic E-state index is 0.0479. The Bertz CT molecular complexity index is 1430. The molecule has 0 aromatic carbocycles. The number of alkyl halides is 1. The molecule has 0 spiro atoms. The zero-order valence-electron chi connectivity index (χ0n) is 17.5.